The molecule has 1 rings (SSSR count). The molecular formula is C8H4BrFN2O. The molecule has 0 radical (unpaired) electrons. The number of amides is 1. The van der Waals surface area contributed by atoms with E-state index in [1.165, 1.54) is 6.07 Å². The minimum absolute atomic E-state index is 0.0821. The van der Waals surface area contributed by atoms with Gasteiger partial charge in [0.2, 0.25) is 6.41 Å². The third kappa shape index (κ3) is 1.84. The van der Waals surface area contributed by atoms with Crippen molar-refractivity contribution in [2.24, 2.45) is 0 Å². The quantitative estimate of drug-likeness (QED) is 0.808. The summed E-state index contributed by atoms with van der Waals surface area (Å²) in [5.74, 6) is -0.525. The van der Waals surface area contributed by atoms with Crippen LogP contribution in [0.25, 0.3) is 0 Å². The molecule has 1 aromatic carbocycles. The van der Waals surface area contributed by atoms with E-state index in [-0.39, 0.29) is 15.7 Å². The summed E-state index contributed by atoms with van der Waals surface area (Å²) in [6.07, 6.45) is 0.389. The van der Waals surface area contributed by atoms with Crippen molar-refractivity contribution in [1.29, 1.82) is 5.26 Å². The van der Waals surface area contributed by atoms with Crippen molar-refractivity contribution in [2.45, 2.75) is 0 Å². The Hall–Kier alpha value is -1.41. The molecule has 0 heterocycles. The summed E-state index contributed by atoms with van der Waals surface area (Å²) in [5, 5.41) is 10.9. The van der Waals surface area contributed by atoms with E-state index >= 15 is 0 Å². The molecule has 0 unspecified atom stereocenters. The van der Waals surface area contributed by atoms with Crippen LogP contribution in [0.4, 0.5) is 10.1 Å². The lowest BCUT2D eigenvalue weighted by molar-refractivity contribution is -0.105. The molecule has 5 heteroatoms. The number of rotatable bonds is 2. The number of nitriles is 1. The fraction of sp³-hybridized carbons (Fsp3) is 0. The number of hydrogen-bond acceptors (Lipinski definition) is 2. The monoisotopic (exact) mass is 242 g/mol. The fourth-order valence-electron chi connectivity index (χ4n) is 0.844. The number of carbonyl (C=O) groups is 1. The lowest BCUT2D eigenvalue weighted by Gasteiger charge is -2.04. The van der Waals surface area contributed by atoms with E-state index in [0.717, 1.165) is 6.07 Å². The first kappa shape index (κ1) is 9.68. The van der Waals surface area contributed by atoms with Crippen LogP contribution in [0.2, 0.25) is 0 Å². The van der Waals surface area contributed by atoms with E-state index in [9.17, 15) is 9.18 Å². The summed E-state index contributed by atoms with van der Waals surface area (Å²) in [6, 6.07) is 4.28. The zero-order valence-corrected chi connectivity index (χ0v) is 7.93. The molecule has 1 aromatic rings. The van der Waals surface area contributed by atoms with Gasteiger partial charge in [-0.25, -0.2) is 4.39 Å². The molecule has 13 heavy (non-hydrogen) atoms. The number of nitrogens with one attached hydrogen (secondary N) is 1. The van der Waals surface area contributed by atoms with E-state index in [2.05, 4.69) is 21.2 Å². The highest BCUT2D eigenvalue weighted by molar-refractivity contribution is 9.10. The van der Waals surface area contributed by atoms with Crippen LogP contribution in [0.1, 0.15) is 5.56 Å². The number of nitrogens with zero attached hydrogens (tertiary/aromatic N) is 1. The standard InChI is InChI=1S/C8H4BrFN2O/c9-7-6(10)2-1-5(3-11)8(7)12-4-13/h1-2,4H,(H,12,13). The molecule has 0 atom stereocenters. The summed E-state index contributed by atoms with van der Waals surface area (Å²) >= 11 is 2.93. The van der Waals surface area contributed by atoms with Crippen molar-refractivity contribution in [3.8, 4) is 6.07 Å². The Morgan fingerprint density at radius 1 is 1.62 bits per heavy atom. The molecule has 0 aliphatic carbocycles. The van der Waals surface area contributed by atoms with Gasteiger partial charge < -0.3 is 5.32 Å². The molecule has 0 saturated carbocycles. The van der Waals surface area contributed by atoms with Crippen molar-refractivity contribution >= 4 is 28.0 Å². The Kier molecular flexibility index (Phi) is 2.98. The van der Waals surface area contributed by atoms with Gasteiger partial charge in [0.05, 0.1) is 15.7 Å². The highest BCUT2D eigenvalue weighted by atomic mass is 79.9. The zero-order chi connectivity index (χ0) is 9.84. The molecule has 0 aliphatic heterocycles. The van der Waals surface area contributed by atoms with Gasteiger partial charge in [-0.2, -0.15) is 5.26 Å². The minimum Gasteiger partial charge on any atom is -0.327 e. The first-order valence-corrected chi connectivity index (χ1v) is 4.08. The number of benzene rings is 1. The lowest BCUT2D eigenvalue weighted by Crippen LogP contribution is -1.99. The van der Waals surface area contributed by atoms with E-state index in [1.807, 2.05) is 6.07 Å². The van der Waals surface area contributed by atoms with Gasteiger partial charge in [0.15, 0.2) is 0 Å². The van der Waals surface area contributed by atoms with Gasteiger partial charge in [-0.1, -0.05) is 0 Å². The van der Waals surface area contributed by atoms with Gasteiger partial charge in [-0.15, -0.1) is 0 Å². The summed E-state index contributed by atoms with van der Waals surface area (Å²) < 4.78 is 13.0. The second-order valence-electron chi connectivity index (χ2n) is 2.16. The smallest absolute Gasteiger partial charge is 0.211 e. The maximum absolute atomic E-state index is 12.9. The molecule has 3 nitrogen and oxygen atoms in total. The average Bonchev–Trinajstić information content (AvgIpc) is 2.14. The van der Waals surface area contributed by atoms with E-state index < -0.39 is 5.82 Å². The number of anilines is 1. The summed E-state index contributed by atoms with van der Waals surface area (Å²) in [7, 11) is 0. The van der Waals surface area contributed by atoms with Crippen molar-refractivity contribution in [2.75, 3.05) is 5.32 Å². The van der Waals surface area contributed by atoms with Crippen molar-refractivity contribution in [3.63, 3.8) is 0 Å². The number of halogens is 2. The maximum atomic E-state index is 12.9. The van der Waals surface area contributed by atoms with Crippen LogP contribution >= 0.6 is 15.9 Å². The van der Waals surface area contributed by atoms with Crippen LogP contribution in [-0.2, 0) is 4.79 Å². The maximum Gasteiger partial charge on any atom is 0.211 e. The van der Waals surface area contributed by atoms with Gasteiger partial charge in [0, 0.05) is 0 Å². The third-order valence-corrected chi connectivity index (χ3v) is 2.19. The van der Waals surface area contributed by atoms with E-state index in [1.54, 1.807) is 0 Å². The van der Waals surface area contributed by atoms with Crippen LogP contribution in [0.5, 0.6) is 0 Å². The Morgan fingerprint density at radius 3 is 2.85 bits per heavy atom. The van der Waals surface area contributed by atoms with Crippen LogP contribution in [0.3, 0.4) is 0 Å². The molecule has 0 saturated heterocycles. The Labute approximate surface area is 82.3 Å². The van der Waals surface area contributed by atoms with Crippen molar-refractivity contribution < 1.29 is 9.18 Å². The van der Waals surface area contributed by atoms with Gasteiger partial charge in [-0.3, -0.25) is 4.79 Å². The van der Waals surface area contributed by atoms with Gasteiger partial charge in [-0.05, 0) is 28.1 Å². The molecule has 0 bridgehead atoms. The normalized spacial score (nSPS) is 9.00. The Morgan fingerprint density at radius 2 is 2.31 bits per heavy atom. The minimum atomic E-state index is -0.525. The zero-order valence-electron chi connectivity index (χ0n) is 6.34. The number of carbonyl (C=O) groups excluding carboxylic acids is 1. The van der Waals surface area contributed by atoms with Crippen LogP contribution < -0.4 is 5.32 Å². The molecule has 0 aliphatic rings. The fourth-order valence-corrected chi connectivity index (χ4v) is 1.30. The molecule has 0 fully saturated rings. The summed E-state index contributed by atoms with van der Waals surface area (Å²) in [6.45, 7) is 0. The highest BCUT2D eigenvalue weighted by Crippen LogP contribution is 2.28. The Bertz CT molecular complexity index is 386. The van der Waals surface area contributed by atoms with Crippen LogP contribution in [0, 0.1) is 17.1 Å². The summed E-state index contributed by atoms with van der Waals surface area (Å²) in [5.41, 5.74) is 0.359. The van der Waals surface area contributed by atoms with E-state index in [0.29, 0.717) is 6.41 Å². The second-order valence-corrected chi connectivity index (χ2v) is 2.95. The molecule has 1 N–H and O–H groups in total. The second kappa shape index (κ2) is 4.01. The van der Waals surface area contributed by atoms with Gasteiger partial charge >= 0.3 is 0 Å². The van der Waals surface area contributed by atoms with Gasteiger partial charge in [0.1, 0.15) is 11.9 Å². The third-order valence-electron chi connectivity index (χ3n) is 1.42. The topological polar surface area (TPSA) is 52.9 Å². The average molecular weight is 243 g/mol. The Balaban J connectivity index is 3.33. The molecule has 0 spiro atoms. The van der Waals surface area contributed by atoms with Crippen molar-refractivity contribution in [3.05, 3.63) is 28.0 Å². The highest BCUT2D eigenvalue weighted by Gasteiger charge is 2.09. The van der Waals surface area contributed by atoms with Crippen LogP contribution in [-0.4, -0.2) is 6.41 Å². The first-order valence-electron chi connectivity index (χ1n) is 3.29. The molecule has 1 amide bonds. The largest absolute Gasteiger partial charge is 0.327 e. The summed E-state index contributed by atoms with van der Waals surface area (Å²) in [4.78, 5) is 10.1. The lowest BCUT2D eigenvalue weighted by atomic mass is 10.2. The SMILES string of the molecule is N#Cc1ccc(F)c(Br)c1NC=O. The van der Waals surface area contributed by atoms with Crippen molar-refractivity contribution in [1.82, 2.24) is 0 Å². The molecule has 0 aromatic heterocycles. The predicted molar refractivity (Wildman–Crippen MR) is 48.5 cm³/mol. The molecular weight excluding hydrogens is 239 g/mol. The van der Waals surface area contributed by atoms with Gasteiger partial charge in [0.25, 0.3) is 0 Å². The predicted octanol–water partition coefficient (Wildman–Crippen LogP) is 2.03. The van der Waals surface area contributed by atoms with E-state index in [4.69, 9.17) is 5.26 Å². The number of hydrogen-bond donors (Lipinski definition) is 1. The van der Waals surface area contributed by atoms with Crippen LogP contribution in [0.15, 0.2) is 16.6 Å². The molecule has 66 valence electrons. The first-order chi connectivity index (χ1) is 6.20.